The van der Waals surface area contributed by atoms with E-state index in [0.717, 1.165) is 0 Å². The van der Waals surface area contributed by atoms with Crippen LogP contribution in [0.25, 0.3) is 11.6 Å². The topological polar surface area (TPSA) is 54.7 Å². The highest BCUT2D eigenvalue weighted by Gasteiger charge is 2.00. The molecule has 0 aromatic carbocycles. The number of aromatic amines is 1. The lowest BCUT2D eigenvalue weighted by Crippen LogP contribution is -1.74. The Bertz CT molecular complexity index is 252. The maximum atomic E-state index is 5.04. The Balaban J connectivity index is 2.48. The minimum atomic E-state index is 0.657. The smallest absolute Gasteiger partial charge is 0.196 e. The Morgan fingerprint density at radius 1 is 1.50 bits per heavy atom. The van der Waals surface area contributed by atoms with Gasteiger partial charge >= 0.3 is 0 Å². The normalized spacial score (nSPS) is 10.0. The molecule has 2 aromatic heterocycles. The predicted octanol–water partition coefficient (Wildman–Crippen LogP) is 1.06. The summed E-state index contributed by atoms with van der Waals surface area (Å²) in [5, 5.41) is 7.37. The summed E-state index contributed by atoms with van der Waals surface area (Å²) in [6.07, 6.45) is 3.11. The minimum Gasteiger partial charge on any atom is -0.461 e. The SMILES string of the molecule is c1coc(-c2nnc[nH]2)c1. The van der Waals surface area contributed by atoms with Gasteiger partial charge in [0.15, 0.2) is 11.6 Å². The van der Waals surface area contributed by atoms with Crippen LogP contribution in [0.1, 0.15) is 0 Å². The quantitative estimate of drug-likeness (QED) is 0.636. The molecule has 0 unspecified atom stereocenters. The second-order valence-corrected chi connectivity index (χ2v) is 1.81. The average Bonchev–Trinajstić information content (AvgIpc) is 2.59. The van der Waals surface area contributed by atoms with Crippen LogP contribution in [0.3, 0.4) is 0 Å². The monoisotopic (exact) mass is 135 g/mol. The van der Waals surface area contributed by atoms with Gasteiger partial charge in [0, 0.05) is 0 Å². The van der Waals surface area contributed by atoms with Crippen LogP contribution in [0.2, 0.25) is 0 Å². The number of furan rings is 1. The minimum absolute atomic E-state index is 0.657. The molecule has 0 saturated carbocycles. The van der Waals surface area contributed by atoms with Gasteiger partial charge in [0.05, 0.1) is 6.26 Å². The van der Waals surface area contributed by atoms with Crippen molar-refractivity contribution in [2.75, 3.05) is 0 Å². The molecule has 4 heteroatoms. The molecule has 2 rings (SSSR count). The standard InChI is InChI=1S/C6H5N3O/c1-2-5(10-3-1)6-7-4-8-9-6/h1-4H,(H,7,8,9). The molecular formula is C6H5N3O. The van der Waals surface area contributed by atoms with Crippen molar-refractivity contribution in [3.8, 4) is 11.6 Å². The molecule has 0 radical (unpaired) electrons. The Morgan fingerprint density at radius 2 is 2.50 bits per heavy atom. The van der Waals surface area contributed by atoms with Gasteiger partial charge in [-0.1, -0.05) is 0 Å². The maximum absolute atomic E-state index is 5.04. The molecule has 0 aliphatic carbocycles. The van der Waals surface area contributed by atoms with Crippen LogP contribution < -0.4 is 0 Å². The zero-order chi connectivity index (χ0) is 6.81. The third-order valence-electron chi connectivity index (χ3n) is 1.17. The first-order valence-electron chi connectivity index (χ1n) is 2.87. The van der Waals surface area contributed by atoms with Gasteiger partial charge in [-0.05, 0) is 12.1 Å². The number of rotatable bonds is 1. The summed E-state index contributed by atoms with van der Waals surface area (Å²) in [4.78, 5) is 2.82. The third kappa shape index (κ3) is 0.699. The Labute approximate surface area is 56.9 Å². The van der Waals surface area contributed by atoms with Crippen LogP contribution in [0.5, 0.6) is 0 Å². The molecule has 50 valence electrons. The molecular weight excluding hydrogens is 130 g/mol. The van der Waals surface area contributed by atoms with Gasteiger partial charge in [-0.15, -0.1) is 10.2 Å². The van der Waals surface area contributed by atoms with E-state index in [-0.39, 0.29) is 0 Å². The number of hydrogen-bond donors (Lipinski definition) is 1. The van der Waals surface area contributed by atoms with Crippen molar-refractivity contribution in [3.05, 3.63) is 24.7 Å². The van der Waals surface area contributed by atoms with E-state index < -0.39 is 0 Å². The number of aromatic nitrogens is 3. The van der Waals surface area contributed by atoms with Crippen LogP contribution in [-0.2, 0) is 0 Å². The molecule has 0 spiro atoms. The van der Waals surface area contributed by atoms with Gasteiger partial charge in [-0.2, -0.15) is 0 Å². The maximum Gasteiger partial charge on any atom is 0.196 e. The van der Waals surface area contributed by atoms with E-state index in [1.807, 2.05) is 6.07 Å². The van der Waals surface area contributed by atoms with Crippen molar-refractivity contribution in [1.29, 1.82) is 0 Å². The molecule has 2 aromatic rings. The van der Waals surface area contributed by atoms with Crippen molar-refractivity contribution >= 4 is 0 Å². The highest BCUT2D eigenvalue weighted by atomic mass is 16.3. The van der Waals surface area contributed by atoms with E-state index in [1.54, 1.807) is 12.3 Å². The van der Waals surface area contributed by atoms with E-state index in [2.05, 4.69) is 15.2 Å². The summed E-state index contributed by atoms with van der Waals surface area (Å²) in [7, 11) is 0. The van der Waals surface area contributed by atoms with Gasteiger partial charge < -0.3 is 9.40 Å². The molecule has 4 nitrogen and oxygen atoms in total. The first-order valence-corrected chi connectivity index (χ1v) is 2.87. The van der Waals surface area contributed by atoms with Crippen molar-refractivity contribution in [2.24, 2.45) is 0 Å². The van der Waals surface area contributed by atoms with Crippen LogP contribution in [0, 0.1) is 0 Å². The third-order valence-corrected chi connectivity index (χ3v) is 1.17. The van der Waals surface area contributed by atoms with Crippen molar-refractivity contribution < 1.29 is 4.42 Å². The molecule has 0 atom stereocenters. The molecule has 0 bridgehead atoms. The number of hydrogen-bond acceptors (Lipinski definition) is 3. The lowest BCUT2D eigenvalue weighted by Gasteiger charge is -1.83. The summed E-state index contributed by atoms with van der Waals surface area (Å²) in [6.45, 7) is 0. The summed E-state index contributed by atoms with van der Waals surface area (Å²) in [6, 6.07) is 3.62. The largest absolute Gasteiger partial charge is 0.461 e. The molecule has 2 heterocycles. The Kier molecular flexibility index (Phi) is 1.04. The highest BCUT2D eigenvalue weighted by Crippen LogP contribution is 2.12. The second kappa shape index (κ2) is 1.98. The fourth-order valence-electron chi connectivity index (χ4n) is 0.739. The van der Waals surface area contributed by atoms with Gasteiger partial charge in [-0.25, -0.2) is 0 Å². The predicted molar refractivity (Wildman–Crippen MR) is 34.1 cm³/mol. The molecule has 0 fully saturated rings. The lowest BCUT2D eigenvalue weighted by atomic mass is 10.4. The van der Waals surface area contributed by atoms with Crippen LogP contribution in [0.4, 0.5) is 0 Å². The summed E-state index contributed by atoms with van der Waals surface area (Å²) < 4.78 is 5.04. The zero-order valence-corrected chi connectivity index (χ0v) is 5.11. The van der Waals surface area contributed by atoms with Gasteiger partial charge in [0.2, 0.25) is 0 Å². The van der Waals surface area contributed by atoms with Crippen molar-refractivity contribution in [1.82, 2.24) is 15.2 Å². The first-order chi connectivity index (χ1) is 4.97. The van der Waals surface area contributed by atoms with E-state index in [1.165, 1.54) is 6.33 Å². The van der Waals surface area contributed by atoms with Crippen molar-refractivity contribution in [2.45, 2.75) is 0 Å². The molecule has 0 saturated heterocycles. The second-order valence-electron chi connectivity index (χ2n) is 1.81. The van der Waals surface area contributed by atoms with Gasteiger partial charge in [0.1, 0.15) is 6.33 Å². The molecule has 0 amide bonds. The fourth-order valence-corrected chi connectivity index (χ4v) is 0.739. The van der Waals surface area contributed by atoms with Gasteiger partial charge in [0.25, 0.3) is 0 Å². The number of nitrogens with zero attached hydrogens (tertiary/aromatic N) is 2. The highest BCUT2D eigenvalue weighted by molar-refractivity contribution is 5.44. The van der Waals surface area contributed by atoms with Crippen LogP contribution in [0.15, 0.2) is 29.1 Å². The average molecular weight is 135 g/mol. The number of H-pyrrole nitrogens is 1. The van der Waals surface area contributed by atoms with Gasteiger partial charge in [-0.3, -0.25) is 0 Å². The van der Waals surface area contributed by atoms with Crippen LogP contribution >= 0.6 is 0 Å². The summed E-state index contributed by atoms with van der Waals surface area (Å²) in [5.41, 5.74) is 0. The molecule has 1 N–H and O–H groups in total. The fraction of sp³-hybridized carbons (Fsp3) is 0. The Morgan fingerprint density at radius 3 is 3.10 bits per heavy atom. The van der Waals surface area contributed by atoms with Crippen LogP contribution in [-0.4, -0.2) is 15.2 Å². The van der Waals surface area contributed by atoms with E-state index >= 15 is 0 Å². The molecule has 0 aliphatic rings. The zero-order valence-electron chi connectivity index (χ0n) is 5.11. The van der Waals surface area contributed by atoms with Crippen molar-refractivity contribution in [3.63, 3.8) is 0 Å². The van der Waals surface area contributed by atoms with E-state index in [9.17, 15) is 0 Å². The Hall–Kier alpha value is -1.58. The molecule has 10 heavy (non-hydrogen) atoms. The van der Waals surface area contributed by atoms with E-state index in [4.69, 9.17) is 4.42 Å². The van der Waals surface area contributed by atoms with E-state index in [0.29, 0.717) is 11.6 Å². The molecule has 0 aliphatic heterocycles. The summed E-state index contributed by atoms with van der Waals surface area (Å²) in [5.74, 6) is 1.36. The number of nitrogens with one attached hydrogen (secondary N) is 1. The lowest BCUT2D eigenvalue weighted by molar-refractivity contribution is 0.577. The first kappa shape index (κ1) is 5.22. The summed E-state index contributed by atoms with van der Waals surface area (Å²) >= 11 is 0.